The number of ether oxygens (including phenoxy) is 2. The Morgan fingerprint density at radius 2 is 2.10 bits per heavy atom. The molecule has 0 unspecified atom stereocenters. The fourth-order valence-electron chi connectivity index (χ4n) is 3.32. The van der Waals surface area contributed by atoms with Gasteiger partial charge in [0.25, 0.3) is 0 Å². The van der Waals surface area contributed by atoms with Crippen LogP contribution in [0, 0.1) is 11.3 Å². The van der Waals surface area contributed by atoms with E-state index in [1.165, 1.54) is 4.31 Å². The Bertz CT molecular complexity index is 1020. The van der Waals surface area contributed by atoms with Gasteiger partial charge in [-0.3, -0.25) is 4.79 Å². The molecule has 0 spiro atoms. The number of hydrogen-bond donors (Lipinski definition) is 0. The lowest BCUT2D eigenvalue weighted by atomic mass is 10.3. The average Bonchev–Trinajstić information content (AvgIpc) is 3.08. The quantitative estimate of drug-likeness (QED) is 0.594. The number of morpholine rings is 1. The van der Waals surface area contributed by atoms with Crippen LogP contribution in [0.2, 0.25) is 0 Å². The maximum Gasteiger partial charge on any atom is 0.307 e. The Labute approximate surface area is 169 Å². The second kappa shape index (κ2) is 9.35. The normalized spacial score (nSPS) is 15.3. The van der Waals surface area contributed by atoms with Gasteiger partial charge in [-0.15, -0.1) is 0 Å². The second-order valence-electron chi connectivity index (χ2n) is 6.67. The fourth-order valence-corrected chi connectivity index (χ4v) is 4.75. The maximum absolute atomic E-state index is 12.9. The highest BCUT2D eigenvalue weighted by Gasteiger charge is 2.27. The summed E-state index contributed by atoms with van der Waals surface area (Å²) < 4.78 is 39.3. The van der Waals surface area contributed by atoms with Crippen molar-refractivity contribution in [1.29, 1.82) is 5.26 Å². The van der Waals surface area contributed by atoms with Crippen LogP contribution in [0.25, 0.3) is 11.0 Å². The molecule has 0 amide bonds. The molecule has 2 heterocycles. The Balaban J connectivity index is 1.88. The van der Waals surface area contributed by atoms with E-state index in [2.05, 4.69) is 4.98 Å². The predicted molar refractivity (Wildman–Crippen MR) is 104 cm³/mol. The van der Waals surface area contributed by atoms with Crippen molar-refractivity contribution in [2.24, 2.45) is 0 Å². The molecule has 0 atom stereocenters. The first-order valence-corrected chi connectivity index (χ1v) is 11.0. The number of aromatic nitrogens is 2. The molecule has 156 valence electrons. The van der Waals surface area contributed by atoms with Crippen molar-refractivity contribution in [3.63, 3.8) is 0 Å². The van der Waals surface area contributed by atoms with E-state index in [-0.39, 0.29) is 17.9 Å². The van der Waals surface area contributed by atoms with Gasteiger partial charge in [0.1, 0.15) is 11.9 Å². The zero-order valence-electron chi connectivity index (χ0n) is 16.3. The van der Waals surface area contributed by atoms with Crippen LogP contribution >= 0.6 is 0 Å². The van der Waals surface area contributed by atoms with Gasteiger partial charge in [0, 0.05) is 26.1 Å². The first kappa shape index (κ1) is 21.2. The molecule has 2 aromatic rings. The number of carbonyl (C=O) groups excluding carboxylic acids is 1. The minimum atomic E-state index is -3.61. The van der Waals surface area contributed by atoms with Crippen molar-refractivity contribution in [3.05, 3.63) is 24.0 Å². The first-order chi connectivity index (χ1) is 14.0. The molecule has 0 bridgehead atoms. The molecule has 0 aliphatic carbocycles. The first-order valence-electron chi connectivity index (χ1n) is 9.57. The summed E-state index contributed by atoms with van der Waals surface area (Å²) >= 11 is 0. The third-order valence-electron chi connectivity index (χ3n) is 4.70. The second-order valence-corrected chi connectivity index (χ2v) is 8.60. The number of nitriles is 1. The van der Waals surface area contributed by atoms with Gasteiger partial charge in [0.2, 0.25) is 10.0 Å². The zero-order valence-corrected chi connectivity index (χ0v) is 17.2. The lowest BCUT2D eigenvalue weighted by Gasteiger charge is -2.26. The topological polar surface area (TPSA) is 115 Å². The van der Waals surface area contributed by atoms with E-state index in [9.17, 15) is 13.2 Å². The largest absolute Gasteiger partial charge is 0.450 e. The van der Waals surface area contributed by atoms with Crippen molar-refractivity contribution in [3.8, 4) is 6.07 Å². The summed E-state index contributed by atoms with van der Waals surface area (Å²) in [6, 6.07) is 6.72. The van der Waals surface area contributed by atoms with Crippen molar-refractivity contribution < 1.29 is 22.7 Å². The lowest BCUT2D eigenvalue weighted by molar-refractivity contribution is -0.142. The van der Waals surface area contributed by atoms with Gasteiger partial charge in [-0.05, 0) is 24.6 Å². The number of sulfonamides is 1. The molecule has 29 heavy (non-hydrogen) atoms. The molecule has 3 rings (SSSR count). The smallest absolute Gasteiger partial charge is 0.307 e. The number of aryl methyl sites for hydroxylation is 2. The summed E-state index contributed by atoms with van der Waals surface area (Å²) in [5.41, 5.74) is 1.40. The van der Waals surface area contributed by atoms with Crippen molar-refractivity contribution in [2.45, 2.75) is 37.6 Å². The van der Waals surface area contributed by atoms with E-state index in [1.807, 2.05) is 11.5 Å². The van der Waals surface area contributed by atoms with E-state index >= 15 is 0 Å². The molecular weight excluding hydrogens is 396 g/mol. The van der Waals surface area contributed by atoms with Crippen molar-refractivity contribution in [1.82, 2.24) is 13.9 Å². The van der Waals surface area contributed by atoms with Crippen LogP contribution in [0.5, 0.6) is 0 Å². The molecule has 0 radical (unpaired) electrons. The Morgan fingerprint density at radius 3 is 2.79 bits per heavy atom. The van der Waals surface area contributed by atoms with Gasteiger partial charge < -0.3 is 14.0 Å². The van der Waals surface area contributed by atoms with Crippen molar-refractivity contribution in [2.75, 3.05) is 32.9 Å². The van der Waals surface area contributed by atoms with Gasteiger partial charge >= 0.3 is 5.97 Å². The van der Waals surface area contributed by atoms with E-state index in [4.69, 9.17) is 14.7 Å². The number of benzene rings is 1. The van der Waals surface area contributed by atoms with Crippen LogP contribution in [0.1, 0.15) is 25.6 Å². The Hall–Kier alpha value is -2.48. The molecule has 1 saturated heterocycles. The predicted octanol–water partition coefficient (Wildman–Crippen LogP) is 1.47. The summed E-state index contributed by atoms with van der Waals surface area (Å²) in [5, 5.41) is 8.49. The Morgan fingerprint density at radius 1 is 1.34 bits per heavy atom. The number of nitrogens with zero attached hydrogens (tertiary/aromatic N) is 4. The van der Waals surface area contributed by atoms with E-state index < -0.39 is 16.0 Å². The summed E-state index contributed by atoms with van der Waals surface area (Å²) in [5.74, 6) is 0.230. The van der Waals surface area contributed by atoms with Crippen molar-refractivity contribution >= 4 is 27.0 Å². The number of imidazole rings is 1. The number of rotatable bonds is 8. The van der Waals surface area contributed by atoms with Crippen LogP contribution in [0.3, 0.4) is 0 Å². The molecule has 1 aliphatic rings. The summed E-state index contributed by atoms with van der Waals surface area (Å²) in [6.07, 6.45) is 1.32. The molecule has 1 fully saturated rings. The lowest BCUT2D eigenvalue weighted by Crippen LogP contribution is -2.40. The fraction of sp³-hybridized carbons (Fsp3) is 0.526. The highest BCUT2D eigenvalue weighted by Crippen LogP contribution is 2.24. The van der Waals surface area contributed by atoms with Gasteiger partial charge in [0.05, 0.1) is 35.6 Å². The number of carbonyl (C=O) groups is 1. The van der Waals surface area contributed by atoms with E-state index in [1.54, 1.807) is 24.3 Å². The zero-order chi connectivity index (χ0) is 20.9. The molecule has 1 aromatic carbocycles. The van der Waals surface area contributed by atoms with E-state index in [0.29, 0.717) is 50.6 Å². The molecule has 1 aliphatic heterocycles. The van der Waals surface area contributed by atoms with E-state index in [0.717, 1.165) is 11.9 Å². The average molecular weight is 420 g/mol. The van der Waals surface area contributed by atoms with Crippen LogP contribution in [-0.4, -0.2) is 61.2 Å². The molecule has 1 aromatic heterocycles. The molecule has 10 heteroatoms. The highest BCUT2D eigenvalue weighted by molar-refractivity contribution is 7.89. The highest BCUT2D eigenvalue weighted by atomic mass is 32.2. The summed E-state index contributed by atoms with van der Waals surface area (Å²) in [4.78, 5) is 16.5. The van der Waals surface area contributed by atoms with Crippen LogP contribution < -0.4 is 0 Å². The molecular formula is C19H24N4O5S. The monoisotopic (exact) mass is 420 g/mol. The van der Waals surface area contributed by atoms with Gasteiger partial charge in [0.15, 0.2) is 6.61 Å². The van der Waals surface area contributed by atoms with Crippen LogP contribution in [0.4, 0.5) is 0 Å². The standard InChI is InChI=1S/C19H24N4O5S/c1-2-8-23-17-4-3-15(29(25,26)22-9-12-27-13-10-22)14-16(17)21-18(23)5-6-19(24)28-11-7-20/h3-4,14H,2,5-6,8-13H2,1H3. The molecule has 0 saturated carbocycles. The SMILES string of the molecule is CCCn1c(CCC(=O)OCC#N)nc2cc(S(=O)(=O)N3CCOCC3)ccc21. The van der Waals surface area contributed by atoms with Gasteiger partial charge in [-0.25, -0.2) is 13.4 Å². The van der Waals surface area contributed by atoms with Crippen LogP contribution in [0.15, 0.2) is 23.1 Å². The summed E-state index contributed by atoms with van der Waals surface area (Å²) in [6.45, 7) is 3.91. The number of hydrogen-bond acceptors (Lipinski definition) is 7. The third kappa shape index (κ3) is 4.75. The minimum absolute atomic E-state index is 0.105. The Kier molecular flexibility index (Phi) is 6.84. The van der Waals surface area contributed by atoms with Gasteiger partial charge in [-0.1, -0.05) is 6.92 Å². The third-order valence-corrected chi connectivity index (χ3v) is 6.60. The minimum Gasteiger partial charge on any atom is -0.450 e. The number of esters is 1. The number of fused-ring (bicyclic) bond motifs is 1. The molecule has 9 nitrogen and oxygen atoms in total. The maximum atomic E-state index is 12.9. The summed E-state index contributed by atoms with van der Waals surface area (Å²) in [7, 11) is -3.61. The van der Waals surface area contributed by atoms with Crippen LogP contribution in [-0.2, 0) is 37.3 Å². The van der Waals surface area contributed by atoms with Gasteiger partial charge in [-0.2, -0.15) is 9.57 Å². The molecule has 0 N–H and O–H groups in total.